The number of hydrogen-bond acceptors (Lipinski definition) is 5. The van der Waals surface area contributed by atoms with Crippen LogP contribution in [0.25, 0.3) is 21.6 Å². The predicted octanol–water partition coefficient (Wildman–Crippen LogP) is 5.45. The summed E-state index contributed by atoms with van der Waals surface area (Å²) in [6.45, 7) is 0.850. The fourth-order valence-corrected chi connectivity index (χ4v) is 3.81. The van der Waals surface area contributed by atoms with Gasteiger partial charge in [-0.05, 0) is 35.9 Å². The summed E-state index contributed by atoms with van der Waals surface area (Å²) in [7, 11) is 0. The van der Waals surface area contributed by atoms with Crippen molar-refractivity contribution < 1.29 is 0 Å². The molecule has 26 heavy (non-hydrogen) atoms. The second kappa shape index (κ2) is 7.81. The summed E-state index contributed by atoms with van der Waals surface area (Å²) in [5, 5.41) is 6.06. The van der Waals surface area contributed by atoms with Gasteiger partial charge in [-0.15, -0.1) is 11.3 Å². The van der Waals surface area contributed by atoms with E-state index in [0.717, 1.165) is 41.0 Å². The average Bonchev–Trinajstić information content (AvgIpc) is 3.15. The zero-order valence-electron chi connectivity index (χ0n) is 14.0. The van der Waals surface area contributed by atoms with Crippen molar-refractivity contribution >= 4 is 39.0 Å². The number of aryl methyl sites for hydroxylation is 1. The van der Waals surface area contributed by atoms with Crippen LogP contribution in [0.15, 0.2) is 60.2 Å². The van der Waals surface area contributed by atoms with Crippen LogP contribution >= 0.6 is 22.9 Å². The number of nitrogens with zero attached hydrogens (tertiary/aromatic N) is 3. The molecule has 0 bridgehead atoms. The maximum atomic E-state index is 6.27. The standard InChI is InChI=1S/C20H17ClN4S/c21-16-13-22-11-8-15(16)19-24-17-9-12-26-18(17)20(25-19)23-10-4-7-14-5-2-1-3-6-14/h1-3,5-6,8-9,11-13H,4,7,10H2,(H,23,24,25). The lowest BCUT2D eigenvalue weighted by molar-refractivity contribution is 0.860. The van der Waals surface area contributed by atoms with Crippen molar-refractivity contribution in [2.75, 3.05) is 11.9 Å². The smallest absolute Gasteiger partial charge is 0.163 e. The highest BCUT2D eigenvalue weighted by atomic mass is 35.5. The van der Waals surface area contributed by atoms with E-state index >= 15 is 0 Å². The minimum absolute atomic E-state index is 0.553. The monoisotopic (exact) mass is 380 g/mol. The van der Waals surface area contributed by atoms with Crippen molar-refractivity contribution in [2.24, 2.45) is 0 Å². The van der Waals surface area contributed by atoms with Gasteiger partial charge in [-0.25, -0.2) is 9.97 Å². The van der Waals surface area contributed by atoms with Gasteiger partial charge in [0.25, 0.3) is 0 Å². The maximum Gasteiger partial charge on any atom is 0.163 e. The van der Waals surface area contributed by atoms with Crippen LogP contribution in [0.5, 0.6) is 0 Å². The minimum Gasteiger partial charge on any atom is -0.369 e. The van der Waals surface area contributed by atoms with Gasteiger partial charge in [-0.1, -0.05) is 41.9 Å². The molecule has 6 heteroatoms. The third-order valence-electron chi connectivity index (χ3n) is 4.09. The van der Waals surface area contributed by atoms with Gasteiger partial charge in [0.15, 0.2) is 5.82 Å². The van der Waals surface area contributed by atoms with Crippen LogP contribution < -0.4 is 5.32 Å². The van der Waals surface area contributed by atoms with Crippen molar-refractivity contribution in [3.8, 4) is 11.4 Å². The first kappa shape index (κ1) is 16.9. The van der Waals surface area contributed by atoms with Crippen molar-refractivity contribution in [1.29, 1.82) is 0 Å². The molecule has 0 fully saturated rings. The van der Waals surface area contributed by atoms with Gasteiger partial charge in [0.2, 0.25) is 0 Å². The van der Waals surface area contributed by atoms with Gasteiger partial charge in [0.05, 0.1) is 15.2 Å². The molecule has 4 aromatic rings. The Morgan fingerprint density at radius 1 is 1.04 bits per heavy atom. The summed E-state index contributed by atoms with van der Waals surface area (Å²) in [5.41, 5.74) is 3.07. The topological polar surface area (TPSA) is 50.7 Å². The molecule has 4 nitrogen and oxygen atoms in total. The highest BCUT2D eigenvalue weighted by Crippen LogP contribution is 2.31. The molecule has 4 rings (SSSR count). The highest BCUT2D eigenvalue weighted by Gasteiger charge is 2.12. The summed E-state index contributed by atoms with van der Waals surface area (Å²) in [6.07, 6.45) is 5.39. The average molecular weight is 381 g/mol. The molecule has 0 aliphatic carbocycles. The molecule has 1 N–H and O–H groups in total. The van der Waals surface area contributed by atoms with Crippen LogP contribution in [-0.4, -0.2) is 21.5 Å². The Balaban J connectivity index is 1.54. The fourth-order valence-electron chi connectivity index (χ4n) is 2.80. The third-order valence-corrected chi connectivity index (χ3v) is 5.31. The largest absolute Gasteiger partial charge is 0.369 e. The Hall–Kier alpha value is -2.50. The Bertz CT molecular complexity index is 1020. The summed E-state index contributed by atoms with van der Waals surface area (Å²) in [5.74, 6) is 1.48. The lowest BCUT2D eigenvalue weighted by Crippen LogP contribution is -2.06. The highest BCUT2D eigenvalue weighted by molar-refractivity contribution is 7.17. The molecule has 0 atom stereocenters. The number of hydrogen-bond donors (Lipinski definition) is 1. The molecule has 3 aromatic heterocycles. The lowest BCUT2D eigenvalue weighted by Gasteiger charge is -2.09. The van der Waals surface area contributed by atoms with Crippen molar-refractivity contribution in [2.45, 2.75) is 12.8 Å². The zero-order chi connectivity index (χ0) is 17.8. The van der Waals surface area contributed by atoms with E-state index in [1.807, 2.05) is 23.6 Å². The van der Waals surface area contributed by atoms with Gasteiger partial charge >= 0.3 is 0 Å². The number of anilines is 1. The number of halogens is 1. The molecular formula is C20H17ClN4S. The molecule has 0 spiro atoms. The summed E-state index contributed by atoms with van der Waals surface area (Å²) >= 11 is 7.91. The Morgan fingerprint density at radius 2 is 1.92 bits per heavy atom. The number of fused-ring (bicyclic) bond motifs is 1. The first-order valence-electron chi connectivity index (χ1n) is 8.44. The fraction of sp³-hybridized carbons (Fsp3) is 0.150. The van der Waals surface area contributed by atoms with E-state index in [-0.39, 0.29) is 0 Å². The SMILES string of the molecule is Clc1cnccc1-c1nc(NCCCc2ccccc2)c2sccc2n1. The molecule has 0 amide bonds. The van der Waals surface area contributed by atoms with E-state index in [4.69, 9.17) is 16.6 Å². The molecule has 0 radical (unpaired) electrons. The zero-order valence-corrected chi connectivity index (χ0v) is 15.6. The second-order valence-corrected chi connectivity index (χ2v) is 7.23. The molecule has 0 aliphatic heterocycles. The molecule has 1 aromatic carbocycles. The number of nitrogens with one attached hydrogen (secondary N) is 1. The van der Waals surface area contributed by atoms with Crippen molar-refractivity contribution in [1.82, 2.24) is 15.0 Å². The molecule has 130 valence electrons. The number of thiophene rings is 1. The molecule has 0 saturated heterocycles. The number of benzene rings is 1. The molecular weight excluding hydrogens is 364 g/mol. The van der Waals surface area contributed by atoms with Crippen LogP contribution in [0.1, 0.15) is 12.0 Å². The van der Waals surface area contributed by atoms with Gasteiger partial charge in [-0.2, -0.15) is 0 Å². The molecule has 3 heterocycles. The Labute approximate surface area is 160 Å². The second-order valence-electron chi connectivity index (χ2n) is 5.90. The van der Waals surface area contributed by atoms with Gasteiger partial charge in [0, 0.05) is 24.5 Å². The minimum atomic E-state index is 0.553. The van der Waals surface area contributed by atoms with Gasteiger partial charge < -0.3 is 5.32 Å². The van der Waals surface area contributed by atoms with Crippen LogP contribution in [-0.2, 0) is 6.42 Å². The molecule has 0 aliphatic rings. The van der Waals surface area contributed by atoms with E-state index in [2.05, 4.69) is 39.6 Å². The first-order chi connectivity index (χ1) is 12.8. The van der Waals surface area contributed by atoms with Crippen LogP contribution in [0.3, 0.4) is 0 Å². The van der Waals surface area contributed by atoms with E-state index in [1.54, 1.807) is 23.7 Å². The molecule has 0 unspecified atom stereocenters. The van der Waals surface area contributed by atoms with Crippen LogP contribution in [0, 0.1) is 0 Å². The number of rotatable bonds is 6. The maximum absolute atomic E-state index is 6.27. The van der Waals surface area contributed by atoms with Crippen molar-refractivity contribution in [3.63, 3.8) is 0 Å². The first-order valence-corrected chi connectivity index (χ1v) is 9.70. The van der Waals surface area contributed by atoms with E-state index in [9.17, 15) is 0 Å². The number of aromatic nitrogens is 3. The normalized spacial score (nSPS) is 11.0. The van der Waals surface area contributed by atoms with E-state index < -0.39 is 0 Å². The van der Waals surface area contributed by atoms with Gasteiger partial charge in [0.1, 0.15) is 5.82 Å². The molecule has 0 saturated carbocycles. The predicted molar refractivity (Wildman–Crippen MR) is 109 cm³/mol. The summed E-state index contributed by atoms with van der Waals surface area (Å²) in [6, 6.07) is 14.4. The van der Waals surface area contributed by atoms with Crippen molar-refractivity contribution in [3.05, 3.63) is 70.8 Å². The Morgan fingerprint density at radius 3 is 2.77 bits per heavy atom. The van der Waals surface area contributed by atoms with E-state index in [1.165, 1.54) is 5.56 Å². The summed E-state index contributed by atoms with van der Waals surface area (Å²) < 4.78 is 1.07. The lowest BCUT2D eigenvalue weighted by atomic mass is 10.1. The Kier molecular flexibility index (Phi) is 5.09. The quantitative estimate of drug-likeness (QED) is 0.452. The number of pyridine rings is 1. The van der Waals surface area contributed by atoms with E-state index in [0.29, 0.717) is 10.8 Å². The van der Waals surface area contributed by atoms with Crippen LogP contribution in [0.2, 0.25) is 5.02 Å². The van der Waals surface area contributed by atoms with Crippen LogP contribution in [0.4, 0.5) is 5.82 Å². The summed E-state index contributed by atoms with van der Waals surface area (Å²) in [4.78, 5) is 13.4. The third kappa shape index (κ3) is 3.69. The van der Waals surface area contributed by atoms with Gasteiger partial charge in [-0.3, -0.25) is 4.98 Å².